The number of hydrogen-bond acceptors (Lipinski definition) is 8. The summed E-state index contributed by atoms with van der Waals surface area (Å²) in [5.41, 5.74) is 1.02. The lowest BCUT2D eigenvalue weighted by molar-refractivity contribution is -0.176. The zero-order chi connectivity index (χ0) is 30.7. The zero-order valence-corrected chi connectivity index (χ0v) is 24.8. The van der Waals surface area contributed by atoms with Gasteiger partial charge in [0, 0.05) is 35.9 Å². The first-order valence-electron chi connectivity index (χ1n) is 15.2. The number of carbonyl (C=O) groups excluding carboxylic acids is 4. The molecule has 11 heteroatoms. The minimum Gasteiger partial charge on any atom is -0.381 e. The van der Waals surface area contributed by atoms with Gasteiger partial charge in [-0.1, -0.05) is 36.4 Å². The van der Waals surface area contributed by atoms with Crippen molar-refractivity contribution in [3.63, 3.8) is 0 Å². The molecule has 2 aromatic carbocycles. The van der Waals surface area contributed by atoms with Crippen LogP contribution in [0.15, 0.2) is 60.7 Å². The summed E-state index contributed by atoms with van der Waals surface area (Å²) in [6, 6.07) is 17.7. The summed E-state index contributed by atoms with van der Waals surface area (Å²) in [5, 5.41) is 6.64. The SMILES string of the molecule is Cc1cc(CON(CC2(C3CCN(C4CCOCC4)CC3)C(=O)NC(=O)NC2=O)C(=O)c2ccccc2)c2ccccc2n1. The van der Waals surface area contributed by atoms with Crippen LogP contribution in [0.5, 0.6) is 0 Å². The molecule has 4 heterocycles. The Labute approximate surface area is 255 Å². The molecule has 44 heavy (non-hydrogen) atoms. The van der Waals surface area contributed by atoms with E-state index in [-0.39, 0.29) is 13.2 Å². The van der Waals surface area contributed by atoms with Crippen molar-refractivity contribution in [2.24, 2.45) is 11.3 Å². The average Bonchev–Trinajstić information content (AvgIpc) is 3.04. The molecule has 3 saturated heterocycles. The first-order valence-corrected chi connectivity index (χ1v) is 15.2. The number of barbiturate groups is 1. The number of aromatic nitrogens is 1. The van der Waals surface area contributed by atoms with Crippen LogP contribution in [-0.2, 0) is 25.8 Å². The Morgan fingerprint density at radius 2 is 1.64 bits per heavy atom. The second-order valence-electron chi connectivity index (χ2n) is 11.8. The summed E-state index contributed by atoms with van der Waals surface area (Å²) in [4.78, 5) is 67.0. The smallest absolute Gasteiger partial charge is 0.328 e. The number of pyridine rings is 1. The summed E-state index contributed by atoms with van der Waals surface area (Å²) in [6.07, 6.45) is 2.99. The van der Waals surface area contributed by atoms with Gasteiger partial charge in [-0.15, -0.1) is 0 Å². The summed E-state index contributed by atoms with van der Waals surface area (Å²) in [7, 11) is 0. The van der Waals surface area contributed by atoms with Gasteiger partial charge in [-0.05, 0) is 81.4 Å². The van der Waals surface area contributed by atoms with E-state index < -0.39 is 35.1 Å². The Hall–Kier alpha value is -4.19. The number of aryl methyl sites for hydroxylation is 1. The molecule has 0 saturated carbocycles. The molecule has 11 nitrogen and oxygen atoms in total. The first kappa shape index (κ1) is 29.9. The average molecular weight is 600 g/mol. The lowest BCUT2D eigenvalue weighted by Crippen LogP contribution is -2.69. The Morgan fingerprint density at radius 1 is 0.977 bits per heavy atom. The molecule has 3 aliphatic heterocycles. The van der Waals surface area contributed by atoms with Crippen LogP contribution in [-0.4, -0.2) is 77.6 Å². The molecular formula is C33H37N5O6. The number of piperidine rings is 1. The predicted octanol–water partition coefficient (Wildman–Crippen LogP) is 3.36. The number of carbonyl (C=O) groups is 4. The van der Waals surface area contributed by atoms with Gasteiger partial charge in [0.2, 0.25) is 11.8 Å². The fourth-order valence-electron chi connectivity index (χ4n) is 6.80. The van der Waals surface area contributed by atoms with Crippen molar-refractivity contribution < 1.29 is 28.8 Å². The van der Waals surface area contributed by atoms with Crippen molar-refractivity contribution in [3.8, 4) is 0 Å². The number of fused-ring (bicyclic) bond motifs is 1. The van der Waals surface area contributed by atoms with E-state index in [1.807, 2.05) is 37.3 Å². The first-order chi connectivity index (χ1) is 21.3. The van der Waals surface area contributed by atoms with Crippen LogP contribution in [0.1, 0.15) is 47.3 Å². The third-order valence-corrected chi connectivity index (χ3v) is 9.14. The van der Waals surface area contributed by atoms with Gasteiger partial charge in [-0.2, -0.15) is 0 Å². The molecule has 3 fully saturated rings. The van der Waals surface area contributed by atoms with E-state index in [9.17, 15) is 19.2 Å². The Balaban J connectivity index is 1.32. The number of hydroxylamine groups is 2. The van der Waals surface area contributed by atoms with Gasteiger partial charge >= 0.3 is 6.03 Å². The van der Waals surface area contributed by atoms with E-state index in [1.54, 1.807) is 30.3 Å². The minimum absolute atomic E-state index is 0.00287. The number of nitrogens with one attached hydrogen (secondary N) is 2. The molecule has 1 aromatic heterocycles. The van der Waals surface area contributed by atoms with E-state index in [1.165, 1.54) is 0 Å². The fraction of sp³-hybridized carbons (Fsp3) is 0.424. The van der Waals surface area contributed by atoms with Crippen molar-refractivity contribution >= 4 is 34.7 Å². The van der Waals surface area contributed by atoms with Crippen LogP contribution < -0.4 is 10.6 Å². The van der Waals surface area contributed by atoms with Crippen LogP contribution in [0.25, 0.3) is 10.9 Å². The van der Waals surface area contributed by atoms with Crippen LogP contribution in [0.3, 0.4) is 0 Å². The molecule has 0 radical (unpaired) electrons. The van der Waals surface area contributed by atoms with Crippen molar-refractivity contribution in [3.05, 3.63) is 77.5 Å². The fourth-order valence-corrected chi connectivity index (χ4v) is 6.80. The maximum absolute atomic E-state index is 14.0. The number of nitrogens with zero attached hydrogens (tertiary/aromatic N) is 3. The topological polar surface area (TPSA) is 130 Å². The van der Waals surface area contributed by atoms with E-state index in [2.05, 4.69) is 20.5 Å². The lowest BCUT2D eigenvalue weighted by atomic mass is 9.68. The van der Waals surface area contributed by atoms with E-state index in [0.29, 0.717) is 37.5 Å². The molecule has 2 N–H and O–H groups in total. The van der Waals surface area contributed by atoms with Crippen molar-refractivity contribution in [2.45, 2.75) is 45.3 Å². The van der Waals surface area contributed by atoms with Crippen LogP contribution in [0, 0.1) is 18.3 Å². The molecule has 6 rings (SSSR count). The molecule has 5 amide bonds. The van der Waals surface area contributed by atoms with Gasteiger partial charge in [-0.3, -0.25) is 34.8 Å². The number of benzene rings is 2. The number of likely N-dealkylation sites (tertiary alicyclic amines) is 1. The maximum atomic E-state index is 14.0. The van der Waals surface area contributed by atoms with Crippen molar-refractivity contribution in [2.75, 3.05) is 32.8 Å². The predicted molar refractivity (Wildman–Crippen MR) is 161 cm³/mol. The monoisotopic (exact) mass is 599 g/mol. The Kier molecular flexibility index (Phi) is 8.69. The molecule has 0 atom stereocenters. The number of imide groups is 2. The highest BCUT2D eigenvalue weighted by atomic mass is 16.7. The number of hydrogen-bond donors (Lipinski definition) is 2. The molecular weight excluding hydrogens is 562 g/mol. The number of rotatable bonds is 8. The van der Waals surface area contributed by atoms with Crippen LogP contribution in [0.4, 0.5) is 4.79 Å². The number of ether oxygens (including phenoxy) is 1. The molecule has 3 aromatic rings. The molecule has 3 aliphatic rings. The van der Waals surface area contributed by atoms with Gasteiger partial charge < -0.3 is 9.64 Å². The van der Waals surface area contributed by atoms with Crippen molar-refractivity contribution in [1.29, 1.82) is 0 Å². The van der Waals surface area contributed by atoms with Crippen LogP contribution >= 0.6 is 0 Å². The van der Waals surface area contributed by atoms with Gasteiger partial charge in [0.05, 0.1) is 12.1 Å². The van der Waals surface area contributed by atoms with Gasteiger partial charge in [0.1, 0.15) is 6.61 Å². The highest BCUT2D eigenvalue weighted by Gasteiger charge is 2.57. The second kappa shape index (κ2) is 12.8. The summed E-state index contributed by atoms with van der Waals surface area (Å²) in [5.74, 6) is -2.34. The normalized spacial score (nSPS) is 19.9. The number of amides is 5. The zero-order valence-electron chi connectivity index (χ0n) is 24.8. The van der Waals surface area contributed by atoms with Gasteiger partial charge in [0.15, 0.2) is 5.41 Å². The third-order valence-electron chi connectivity index (χ3n) is 9.14. The third kappa shape index (κ3) is 5.95. The largest absolute Gasteiger partial charge is 0.381 e. The molecule has 230 valence electrons. The lowest BCUT2D eigenvalue weighted by Gasteiger charge is -2.46. The maximum Gasteiger partial charge on any atom is 0.328 e. The molecule has 0 spiro atoms. The number of urea groups is 1. The summed E-state index contributed by atoms with van der Waals surface area (Å²) >= 11 is 0. The van der Waals surface area contributed by atoms with Gasteiger partial charge in [-0.25, -0.2) is 9.86 Å². The molecule has 0 bridgehead atoms. The quantitative estimate of drug-likeness (QED) is 0.298. The Bertz CT molecular complexity index is 1530. The van der Waals surface area contributed by atoms with E-state index >= 15 is 0 Å². The van der Waals surface area contributed by atoms with Gasteiger partial charge in [0.25, 0.3) is 5.91 Å². The van der Waals surface area contributed by atoms with Crippen molar-refractivity contribution in [1.82, 2.24) is 25.6 Å². The number of para-hydroxylation sites is 1. The highest BCUT2D eigenvalue weighted by Crippen LogP contribution is 2.40. The summed E-state index contributed by atoms with van der Waals surface area (Å²) in [6.45, 7) is 4.38. The Morgan fingerprint density at radius 3 is 2.34 bits per heavy atom. The van der Waals surface area contributed by atoms with Crippen LogP contribution in [0.2, 0.25) is 0 Å². The van der Waals surface area contributed by atoms with E-state index in [4.69, 9.17) is 9.57 Å². The highest BCUT2D eigenvalue weighted by molar-refractivity contribution is 6.19. The summed E-state index contributed by atoms with van der Waals surface area (Å²) < 4.78 is 5.53. The second-order valence-corrected chi connectivity index (χ2v) is 11.8. The minimum atomic E-state index is -1.73. The standard InChI is InChI=1S/C33H37N5O6/c1-22-19-24(27-9-5-6-10-28(27)34-22)20-44-38(29(39)23-7-3-2-4-8-23)21-33(30(40)35-32(42)36-31(33)41)25-11-15-37(16-12-25)26-13-17-43-18-14-26/h2-10,19,25-26H,11-18,20-21H2,1H3,(H2,35,36,40,41,42). The van der Waals surface area contributed by atoms with E-state index in [0.717, 1.165) is 53.3 Å². The molecule has 0 aliphatic carbocycles. The molecule has 0 unspecified atom stereocenters.